The Morgan fingerprint density at radius 3 is 2.77 bits per heavy atom. The van der Waals surface area contributed by atoms with Gasteiger partial charge in [-0.05, 0) is 32.6 Å². The van der Waals surface area contributed by atoms with E-state index in [-0.39, 0.29) is 17.3 Å². The Morgan fingerprint density at radius 2 is 2.31 bits per heavy atom. The molecule has 2 aliphatic rings. The van der Waals surface area contributed by atoms with Crippen molar-refractivity contribution >= 4 is 5.78 Å². The predicted molar refractivity (Wildman–Crippen MR) is 50.3 cm³/mol. The molecule has 0 bridgehead atoms. The van der Waals surface area contributed by atoms with Crippen LogP contribution in [0.15, 0.2) is 11.6 Å². The van der Waals surface area contributed by atoms with Crippen molar-refractivity contribution < 1.29 is 9.90 Å². The predicted octanol–water partition coefficient (Wildman–Crippen LogP) is 1.83. The molecule has 0 aliphatic heterocycles. The highest BCUT2D eigenvalue weighted by molar-refractivity contribution is 5.88. The lowest BCUT2D eigenvalue weighted by Gasteiger charge is -2.33. The summed E-state index contributed by atoms with van der Waals surface area (Å²) >= 11 is 0. The number of Topliss-reactive ketones (excluding diaryl/α,β-unsaturated/α-hetero) is 1. The molecule has 0 heterocycles. The molecule has 1 saturated carbocycles. The van der Waals surface area contributed by atoms with Crippen LogP contribution in [-0.2, 0) is 4.79 Å². The second-order valence-electron chi connectivity index (χ2n) is 4.39. The summed E-state index contributed by atoms with van der Waals surface area (Å²) in [7, 11) is 0. The van der Waals surface area contributed by atoms with Crippen molar-refractivity contribution in [1.29, 1.82) is 0 Å². The molecule has 0 aromatic heterocycles. The molecule has 13 heavy (non-hydrogen) atoms. The van der Waals surface area contributed by atoms with Crippen LogP contribution in [0.1, 0.15) is 39.0 Å². The molecule has 0 saturated heterocycles. The van der Waals surface area contributed by atoms with Crippen molar-refractivity contribution in [2.75, 3.05) is 0 Å². The topological polar surface area (TPSA) is 37.3 Å². The summed E-state index contributed by atoms with van der Waals surface area (Å²) in [4.78, 5) is 11.7. The monoisotopic (exact) mass is 180 g/mol. The highest BCUT2D eigenvalue weighted by Crippen LogP contribution is 2.45. The molecule has 1 fully saturated rings. The average molecular weight is 180 g/mol. The maximum absolute atomic E-state index is 11.7. The summed E-state index contributed by atoms with van der Waals surface area (Å²) in [5.74, 6) is 0.281. The quantitative estimate of drug-likeness (QED) is 0.577. The molecule has 1 N–H and O–H groups in total. The first-order chi connectivity index (χ1) is 6.15. The molecule has 2 rings (SSSR count). The zero-order chi connectivity index (χ0) is 9.47. The van der Waals surface area contributed by atoms with E-state index in [0.717, 1.165) is 19.3 Å². The molecular formula is C11H16O2. The van der Waals surface area contributed by atoms with Gasteiger partial charge in [0.05, 0.1) is 11.5 Å². The Labute approximate surface area is 78.6 Å². The number of carbonyl (C=O) groups is 1. The zero-order valence-corrected chi connectivity index (χ0v) is 8.05. The summed E-state index contributed by atoms with van der Waals surface area (Å²) in [5, 5.41) is 9.81. The third-order valence-electron chi connectivity index (χ3n) is 3.62. The summed E-state index contributed by atoms with van der Waals surface area (Å²) in [6.45, 7) is 2.10. The van der Waals surface area contributed by atoms with E-state index in [1.165, 1.54) is 5.57 Å². The lowest BCUT2D eigenvalue weighted by atomic mass is 9.72. The number of allylic oxidation sites excluding steroid dienone is 2. The Balaban J connectivity index is 2.25. The number of hydrogen-bond acceptors (Lipinski definition) is 2. The summed E-state index contributed by atoms with van der Waals surface area (Å²) < 4.78 is 0. The number of hydrogen-bond donors (Lipinski definition) is 1. The van der Waals surface area contributed by atoms with Gasteiger partial charge in [-0.3, -0.25) is 4.79 Å². The molecule has 0 aromatic carbocycles. The van der Waals surface area contributed by atoms with Crippen molar-refractivity contribution in [2.45, 2.75) is 45.1 Å². The SMILES string of the molecule is CC1=CCC2(CC1)C(=O)CCC2O. The van der Waals surface area contributed by atoms with E-state index in [0.29, 0.717) is 12.8 Å². The van der Waals surface area contributed by atoms with Crippen LogP contribution < -0.4 is 0 Å². The Kier molecular flexibility index (Phi) is 2.03. The molecule has 2 unspecified atom stereocenters. The van der Waals surface area contributed by atoms with Crippen molar-refractivity contribution in [2.24, 2.45) is 5.41 Å². The molecule has 0 amide bonds. The largest absolute Gasteiger partial charge is 0.392 e. The molecule has 2 aliphatic carbocycles. The van der Waals surface area contributed by atoms with Gasteiger partial charge in [-0.25, -0.2) is 0 Å². The minimum Gasteiger partial charge on any atom is -0.392 e. The van der Waals surface area contributed by atoms with Crippen molar-refractivity contribution in [1.82, 2.24) is 0 Å². The van der Waals surface area contributed by atoms with E-state index in [1.54, 1.807) is 0 Å². The highest BCUT2D eigenvalue weighted by Gasteiger charge is 2.48. The number of rotatable bonds is 0. The van der Waals surface area contributed by atoms with Gasteiger partial charge >= 0.3 is 0 Å². The van der Waals surface area contributed by atoms with Crippen LogP contribution >= 0.6 is 0 Å². The van der Waals surface area contributed by atoms with E-state index >= 15 is 0 Å². The van der Waals surface area contributed by atoms with Gasteiger partial charge in [0.1, 0.15) is 5.78 Å². The van der Waals surface area contributed by atoms with Gasteiger partial charge in [-0.2, -0.15) is 0 Å². The standard InChI is InChI=1S/C11H16O2/c1-8-4-6-11(7-5-8)9(12)2-3-10(11)13/h4,9,12H,2-3,5-7H2,1H3. The summed E-state index contributed by atoms with van der Waals surface area (Å²) in [5.41, 5.74) is 0.969. The normalized spacial score (nSPS) is 39.7. The van der Waals surface area contributed by atoms with E-state index in [1.807, 2.05) is 0 Å². The van der Waals surface area contributed by atoms with E-state index in [2.05, 4.69) is 13.0 Å². The van der Waals surface area contributed by atoms with Gasteiger partial charge in [0.2, 0.25) is 0 Å². The van der Waals surface area contributed by atoms with Crippen LogP contribution in [0.2, 0.25) is 0 Å². The minimum absolute atomic E-state index is 0.281. The molecular weight excluding hydrogens is 164 g/mol. The first kappa shape index (κ1) is 8.95. The van der Waals surface area contributed by atoms with Crippen molar-refractivity contribution in [3.8, 4) is 0 Å². The lowest BCUT2D eigenvalue weighted by Crippen LogP contribution is -2.37. The third kappa shape index (κ3) is 1.24. The van der Waals surface area contributed by atoms with Gasteiger partial charge in [0.25, 0.3) is 0 Å². The number of aliphatic hydroxyl groups is 1. The Bertz CT molecular complexity index is 267. The highest BCUT2D eigenvalue weighted by atomic mass is 16.3. The lowest BCUT2D eigenvalue weighted by molar-refractivity contribution is -0.129. The zero-order valence-electron chi connectivity index (χ0n) is 8.05. The van der Waals surface area contributed by atoms with Crippen LogP contribution in [0.3, 0.4) is 0 Å². The van der Waals surface area contributed by atoms with E-state index < -0.39 is 0 Å². The number of aliphatic hydroxyl groups excluding tert-OH is 1. The van der Waals surface area contributed by atoms with Gasteiger partial charge < -0.3 is 5.11 Å². The van der Waals surface area contributed by atoms with E-state index in [9.17, 15) is 9.90 Å². The number of carbonyl (C=O) groups excluding carboxylic acids is 1. The smallest absolute Gasteiger partial charge is 0.142 e. The summed E-state index contributed by atoms with van der Waals surface area (Å²) in [6, 6.07) is 0. The molecule has 72 valence electrons. The van der Waals surface area contributed by atoms with Crippen LogP contribution in [-0.4, -0.2) is 17.0 Å². The van der Waals surface area contributed by atoms with Gasteiger partial charge in [0.15, 0.2) is 0 Å². The van der Waals surface area contributed by atoms with Crippen LogP contribution in [0.5, 0.6) is 0 Å². The van der Waals surface area contributed by atoms with Gasteiger partial charge in [-0.1, -0.05) is 11.6 Å². The van der Waals surface area contributed by atoms with Gasteiger partial charge in [-0.15, -0.1) is 0 Å². The van der Waals surface area contributed by atoms with E-state index in [4.69, 9.17) is 0 Å². The van der Waals surface area contributed by atoms with Crippen LogP contribution in [0.25, 0.3) is 0 Å². The Morgan fingerprint density at radius 1 is 1.54 bits per heavy atom. The molecule has 2 heteroatoms. The minimum atomic E-state index is -0.389. The summed E-state index contributed by atoms with van der Waals surface area (Å²) in [6.07, 6.45) is 5.58. The van der Waals surface area contributed by atoms with Gasteiger partial charge in [0, 0.05) is 6.42 Å². The first-order valence-electron chi connectivity index (χ1n) is 5.02. The molecule has 0 radical (unpaired) electrons. The maximum Gasteiger partial charge on any atom is 0.142 e. The fourth-order valence-corrected chi connectivity index (χ4v) is 2.52. The fourth-order valence-electron chi connectivity index (χ4n) is 2.52. The molecule has 1 spiro atoms. The first-order valence-corrected chi connectivity index (χ1v) is 5.02. The third-order valence-corrected chi connectivity index (χ3v) is 3.62. The van der Waals surface area contributed by atoms with Crippen molar-refractivity contribution in [3.63, 3.8) is 0 Å². The van der Waals surface area contributed by atoms with Crippen molar-refractivity contribution in [3.05, 3.63) is 11.6 Å². The maximum atomic E-state index is 11.7. The molecule has 2 atom stereocenters. The second-order valence-corrected chi connectivity index (χ2v) is 4.39. The second kappa shape index (κ2) is 2.95. The molecule has 2 nitrogen and oxygen atoms in total. The van der Waals surface area contributed by atoms with Crippen LogP contribution in [0, 0.1) is 5.41 Å². The fraction of sp³-hybridized carbons (Fsp3) is 0.727. The van der Waals surface area contributed by atoms with Crippen LogP contribution in [0.4, 0.5) is 0 Å². The number of ketones is 1. The molecule has 0 aromatic rings. The Hall–Kier alpha value is -0.630. The average Bonchev–Trinajstić information content (AvgIpc) is 2.39.